The molecule has 26 heavy (non-hydrogen) atoms. The van der Waals surface area contributed by atoms with Crippen LogP contribution in [0.3, 0.4) is 0 Å². The van der Waals surface area contributed by atoms with Crippen LogP contribution in [-0.2, 0) is 9.47 Å². The van der Waals surface area contributed by atoms with Gasteiger partial charge >= 0.3 is 12.2 Å². The number of alkyl carbamates (subject to hydrolysis) is 2. The Balaban J connectivity index is 2.29. The molecule has 0 aliphatic rings. The Morgan fingerprint density at radius 2 is 1.50 bits per heavy atom. The SMILES string of the molecule is COC(=O)NC(=S)Nc1cc2nc(C)[nH]c2cc1NC(=S)NC(=O)OC. The maximum absolute atomic E-state index is 11.3. The second kappa shape index (κ2) is 8.40. The van der Waals surface area contributed by atoms with E-state index < -0.39 is 12.2 Å². The molecule has 0 spiro atoms. The number of benzene rings is 1. The molecule has 2 rings (SSSR count). The molecule has 0 aliphatic carbocycles. The molecule has 138 valence electrons. The van der Waals surface area contributed by atoms with Gasteiger partial charge in [0, 0.05) is 0 Å². The highest BCUT2D eigenvalue weighted by molar-refractivity contribution is 7.80. The third kappa shape index (κ3) is 5.00. The van der Waals surface area contributed by atoms with E-state index in [0.717, 1.165) is 5.52 Å². The fourth-order valence-electron chi connectivity index (χ4n) is 1.99. The number of hydrogen-bond donors (Lipinski definition) is 5. The fraction of sp³-hybridized carbons (Fsp3) is 0.214. The first-order valence-corrected chi connectivity index (χ1v) is 7.96. The molecule has 2 amide bonds. The molecule has 1 aromatic heterocycles. The number of ether oxygens (including phenoxy) is 2. The lowest BCUT2D eigenvalue weighted by atomic mass is 10.2. The number of rotatable bonds is 2. The zero-order valence-corrected chi connectivity index (χ0v) is 15.7. The fourth-order valence-corrected chi connectivity index (χ4v) is 2.37. The van der Waals surface area contributed by atoms with E-state index in [1.54, 1.807) is 12.1 Å². The topological polar surface area (TPSA) is 129 Å². The minimum Gasteiger partial charge on any atom is -0.453 e. The number of carbonyl (C=O) groups is 2. The largest absolute Gasteiger partial charge is 0.453 e. The zero-order chi connectivity index (χ0) is 19.3. The van der Waals surface area contributed by atoms with Gasteiger partial charge in [-0.15, -0.1) is 0 Å². The summed E-state index contributed by atoms with van der Waals surface area (Å²) in [5.41, 5.74) is 2.36. The molecule has 0 saturated heterocycles. The minimum atomic E-state index is -0.712. The summed E-state index contributed by atoms with van der Waals surface area (Å²) in [6, 6.07) is 3.43. The molecule has 2 aromatic rings. The van der Waals surface area contributed by atoms with Crippen molar-refractivity contribution in [3.05, 3.63) is 18.0 Å². The minimum absolute atomic E-state index is 0.0124. The number of hydrogen-bond acceptors (Lipinski definition) is 7. The quantitative estimate of drug-likeness (QED) is 0.484. The molecule has 0 fully saturated rings. The highest BCUT2D eigenvalue weighted by atomic mass is 32.1. The van der Waals surface area contributed by atoms with Crippen molar-refractivity contribution in [2.75, 3.05) is 24.9 Å². The Morgan fingerprint density at radius 1 is 1.00 bits per heavy atom. The number of aromatic nitrogens is 2. The van der Waals surface area contributed by atoms with E-state index >= 15 is 0 Å². The zero-order valence-electron chi connectivity index (χ0n) is 14.1. The Labute approximate surface area is 159 Å². The lowest BCUT2D eigenvalue weighted by Gasteiger charge is -2.15. The average Bonchev–Trinajstić information content (AvgIpc) is 2.93. The number of nitrogens with zero attached hydrogens (tertiary/aromatic N) is 1. The molecule has 0 radical (unpaired) electrons. The molecule has 0 saturated carbocycles. The molecular weight excluding hydrogens is 380 g/mol. The van der Waals surface area contributed by atoms with E-state index in [2.05, 4.69) is 40.7 Å². The van der Waals surface area contributed by atoms with Crippen molar-refractivity contribution in [1.82, 2.24) is 20.6 Å². The highest BCUT2D eigenvalue weighted by Crippen LogP contribution is 2.27. The third-order valence-electron chi connectivity index (χ3n) is 3.04. The van der Waals surface area contributed by atoms with Crippen LogP contribution < -0.4 is 21.3 Å². The highest BCUT2D eigenvalue weighted by Gasteiger charge is 2.13. The number of fused-ring (bicyclic) bond motifs is 1. The van der Waals surface area contributed by atoms with Crippen molar-refractivity contribution >= 4 is 69.3 Å². The lowest BCUT2D eigenvalue weighted by molar-refractivity contribution is 0.176. The molecule has 1 heterocycles. The van der Waals surface area contributed by atoms with Crippen molar-refractivity contribution in [2.24, 2.45) is 0 Å². The van der Waals surface area contributed by atoms with Crippen LogP contribution >= 0.6 is 24.4 Å². The standard InChI is InChI=1S/C14H16N6O4S2/c1-6-15-7-4-9(17-11(25)19-13(21)23-2)10(5-8(7)16-6)18-12(26)20-14(22)24-3/h4-5H,1-3H3,(H,15,16)(H2,17,19,21,25)(H2,18,20,22,26). The summed E-state index contributed by atoms with van der Waals surface area (Å²) in [6.07, 6.45) is -1.42. The van der Waals surface area contributed by atoms with E-state index in [-0.39, 0.29) is 10.2 Å². The summed E-state index contributed by atoms with van der Waals surface area (Å²) >= 11 is 10.1. The van der Waals surface area contributed by atoms with E-state index in [0.29, 0.717) is 22.7 Å². The molecule has 1 aromatic carbocycles. The first-order valence-electron chi connectivity index (χ1n) is 7.14. The predicted molar refractivity (Wildman–Crippen MR) is 104 cm³/mol. The van der Waals surface area contributed by atoms with Crippen LogP contribution in [0.4, 0.5) is 21.0 Å². The number of amides is 2. The van der Waals surface area contributed by atoms with Gasteiger partial charge in [0.05, 0.1) is 36.6 Å². The Hall–Kier alpha value is -2.99. The summed E-state index contributed by atoms with van der Waals surface area (Å²) in [6.45, 7) is 1.81. The maximum Gasteiger partial charge on any atom is 0.413 e. The number of anilines is 2. The number of methoxy groups -OCH3 is 2. The molecular formula is C14H16N6O4S2. The second-order valence-corrected chi connectivity index (χ2v) is 5.70. The Bertz CT molecular complexity index is 813. The van der Waals surface area contributed by atoms with Gasteiger partial charge in [-0.2, -0.15) is 0 Å². The van der Waals surface area contributed by atoms with Crippen LogP contribution in [0.1, 0.15) is 5.82 Å². The first kappa shape index (κ1) is 19.3. The molecule has 0 unspecified atom stereocenters. The number of aryl methyl sites for hydroxylation is 1. The van der Waals surface area contributed by atoms with E-state index in [9.17, 15) is 9.59 Å². The van der Waals surface area contributed by atoms with E-state index in [1.807, 2.05) is 6.92 Å². The van der Waals surface area contributed by atoms with Gasteiger partial charge in [-0.25, -0.2) is 14.6 Å². The predicted octanol–water partition coefficient (Wildman–Crippen LogP) is 1.98. The molecule has 12 heteroatoms. The van der Waals surface area contributed by atoms with Crippen molar-refractivity contribution in [1.29, 1.82) is 0 Å². The van der Waals surface area contributed by atoms with Crippen LogP contribution in [0.15, 0.2) is 12.1 Å². The Morgan fingerprint density at radius 3 is 2.00 bits per heavy atom. The monoisotopic (exact) mass is 396 g/mol. The number of aromatic amines is 1. The van der Waals surface area contributed by atoms with Gasteiger partial charge in [-0.1, -0.05) is 0 Å². The van der Waals surface area contributed by atoms with Gasteiger partial charge in [0.2, 0.25) is 0 Å². The van der Waals surface area contributed by atoms with Gasteiger partial charge < -0.3 is 25.1 Å². The van der Waals surface area contributed by atoms with Gasteiger partial charge in [0.1, 0.15) is 5.82 Å². The van der Waals surface area contributed by atoms with Gasteiger partial charge in [-0.3, -0.25) is 10.6 Å². The van der Waals surface area contributed by atoms with E-state index in [4.69, 9.17) is 24.4 Å². The normalized spacial score (nSPS) is 9.96. The first-order chi connectivity index (χ1) is 12.3. The van der Waals surface area contributed by atoms with Crippen LogP contribution in [0.25, 0.3) is 11.0 Å². The molecule has 5 N–H and O–H groups in total. The van der Waals surface area contributed by atoms with Crippen LogP contribution in [0.2, 0.25) is 0 Å². The summed E-state index contributed by atoms with van der Waals surface area (Å²) in [4.78, 5) is 30.0. The van der Waals surface area contributed by atoms with Crippen LogP contribution in [-0.4, -0.2) is 46.6 Å². The number of nitrogens with one attached hydrogen (secondary N) is 5. The van der Waals surface area contributed by atoms with Crippen molar-refractivity contribution in [3.63, 3.8) is 0 Å². The van der Waals surface area contributed by atoms with Gasteiger partial charge in [0.15, 0.2) is 10.2 Å². The van der Waals surface area contributed by atoms with Gasteiger partial charge in [-0.05, 0) is 43.5 Å². The number of H-pyrrole nitrogens is 1. The van der Waals surface area contributed by atoms with Crippen molar-refractivity contribution < 1.29 is 19.1 Å². The van der Waals surface area contributed by atoms with E-state index in [1.165, 1.54) is 14.2 Å². The maximum atomic E-state index is 11.3. The lowest BCUT2D eigenvalue weighted by Crippen LogP contribution is -2.35. The third-order valence-corrected chi connectivity index (χ3v) is 3.45. The molecule has 0 bridgehead atoms. The molecule has 0 aliphatic heterocycles. The molecule has 0 atom stereocenters. The molecule has 10 nitrogen and oxygen atoms in total. The Kier molecular flexibility index (Phi) is 6.25. The summed E-state index contributed by atoms with van der Waals surface area (Å²) in [5.74, 6) is 0.716. The number of thiocarbonyl (C=S) groups is 2. The average molecular weight is 396 g/mol. The van der Waals surface area contributed by atoms with Crippen molar-refractivity contribution in [2.45, 2.75) is 6.92 Å². The number of carbonyl (C=O) groups excluding carboxylic acids is 2. The summed E-state index contributed by atoms with van der Waals surface area (Å²) in [5, 5.41) is 10.4. The van der Waals surface area contributed by atoms with Crippen molar-refractivity contribution in [3.8, 4) is 0 Å². The van der Waals surface area contributed by atoms with Crippen LogP contribution in [0, 0.1) is 6.92 Å². The van der Waals surface area contributed by atoms with Crippen LogP contribution in [0.5, 0.6) is 0 Å². The van der Waals surface area contributed by atoms with Gasteiger partial charge in [0.25, 0.3) is 0 Å². The smallest absolute Gasteiger partial charge is 0.413 e. The summed E-state index contributed by atoms with van der Waals surface area (Å²) in [7, 11) is 2.45. The second-order valence-electron chi connectivity index (χ2n) is 4.88. The summed E-state index contributed by atoms with van der Waals surface area (Å²) < 4.78 is 8.98. The number of imidazole rings is 1.